The second-order valence-corrected chi connectivity index (χ2v) is 6.54. The zero-order valence-corrected chi connectivity index (χ0v) is 13.8. The number of nitrogens with zero attached hydrogens (tertiary/aromatic N) is 1. The van der Waals surface area contributed by atoms with E-state index in [1.54, 1.807) is 23.1 Å². The highest BCUT2D eigenvalue weighted by Gasteiger charge is 2.21. The monoisotopic (exact) mass is 344 g/mol. The Morgan fingerprint density at radius 1 is 1.21 bits per heavy atom. The Kier molecular flexibility index (Phi) is 5.15. The van der Waals surface area contributed by atoms with Gasteiger partial charge < -0.3 is 10.2 Å². The van der Waals surface area contributed by atoms with Crippen LogP contribution in [-0.2, 0) is 9.59 Å². The largest absolute Gasteiger partial charge is 0.325 e. The van der Waals surface area contributed by atoms with Gasteiger partial charge in [-0.1, -0.05) is 6.07 Å². The fourth-order valence-electron chi connectivity index (χ4n) is 2.55. The third-order valence-corrected chi connectivity index (χ3v) is 4.71. The topological polar surface area (TPSA) is 49.4 Å². The molecule has 0 unspecified atom stereocenters. The normalized spacial score (nSPS) is 14.0. The van der Waals surface area contributed by atoms with E-state index >= 15 is 0 Å². The van der Waals surface area contributed by atoms with Crippen LogP contribution in [0.2, 0.25) is 0 Å². The third kappa shape index (κ3) is 4.14. The van der Waals surface area contributed by atoms with Crippen molar-refractivity contribution in [2.75, 3.05) is 22.5 Å². The maximum atomic E-state index is 12.9. The highest BCUT2D eigenvalue weighted by Crippen LogP contribution is 2.24. The van der Waals surface area contributed by atoms with Crippen LogP contribution in [0.5, 0.6) is 0 Å². The predicted octanol–water partition coefficient (Wildman–Crippen LogP) is 3.68. The molecule has 3 rings (SSSR count). The van der Waals surface area contributed by atoms with E-state index in [1.165, 1.54) is 23.9 Å². The molecule has 1 fully saturated rings. The molecule has 4 nitrogen and oxygen atoms in total. The summed E-state index contributed by atoms with van der Waals surface area (Å²) in [5.41, 5.74) is 1.47. The van der Waals surface area contributed by atoms with E-state index in [9.17, 15) is 14.0 Å². The van der Waals surface area contributed by atoms with E-state index in [0.717, 1.165) is 23.5 Å². The number of hydrogen-bond acceptors (Lipinski definition) is 3. The summed E-state index contributed by atoms with van der Waals surface area (Å²) >= 11 is 1.34. The van der Waals surface area contributed by atoms with Gasteiger partial charge in [0.25, 0.3) is 0 Å². The molecule has 0 aliphatic carbocycles. The quantitative estimate of drug-likeness (QED) is 0.842. The van der Waals surface area contributed by atoms with Crippen LogP contribution in [-0.4, -0.2) is 24.1 Å². The Labute approximate surface area is 144 Å². The van der Waals surface area contributed by atoms with Crippen molar-refractivity contribution in [2.45, 2.75) is 17.7 Å². The minimum atomic E-state index is -0.294. The number of benzene rings is 2. The number of amides is 2. The molecule has 0 bridgehead atoms. The van der Waals surface area contributed by atoms with Crippen LogP contribution in [0.1, 0.15) is 12.8 Å². The first-order valence-corrected chi connectivity index (χ1v) is 8.69. The molecule has 124 valence electrons. The summed E-state index contributed by atoms with van der Waals surface area (Å²) < 4.78 is 12.9. The summed E-state index contributed by atoms with van der Waals surface area (Å²) in [6, 6.07) is 13.3. The second-order valence-electron chi connectivity index (χ2n) is 5.49. The Bertz CT molecular complexity index is 749. The molecule has 0 aromatic heterocycles. The SMILES string of the molecule is O=C(CSc1ccc(F)cc1)Nc1cccc(N2CCCC2=O)c1. The summed E-state index contributed by atoms with van der Waals surface area (Å²) in [4.78, 5) is 26.4. The average Bonchev–Trinajstić information content (AvgIpc) is 3.01. The lowest BCUT2D eigenvalue weighted by atomic mass is 10.2. The van der Waals surface area contributed by atoms with Crippen molar-refractivity contribution >= 4 is 35.0 Å². The molecule has 0 spiro atoms. The van der Waals surface area contributed by atoms with E-state index < -0.39 is 0 Å². The van der Waals surface area contributed by atoms with Crippen molar-refractivity contribution < 1.29 is 14.0 Å². The van der Waals surface area contributed by atoms with E-state index in [-0.39, 0.29) is 23.4 Å². The van der Waals surface area contributed by atoms with Gasteiger partial charge in [-0.25, -0.2) is 4.39 Å². The van der Waals surface area contributed by atoms with Crippen molar-refractivity contribution in [2.24, 2.45) is 0 Å². The predicted molar refractivity (Wildman–Crippen MR) is 93.8 cm³/mol. The summed E-state index contributed by atoms with van der Waals surface area (Å²) in [5, 5.41) is 2.83. The van der Waals surface area contributed by atoms with Crippen LogP contribution in [0.4, 0.5) is 15.8 Å². The molecule has 2 aromatic carbocycles. The molecule has 0 atom stereocenters. The van der Waals surface area contributed by atoms with Crippen LogP contribution in [0.3, 0.4) is 0 Å². The molecule has 1 heterocycles. The Balaban J connectivity index is 1.58. The number of rotatable bonds is 5. The minimum Gasteiger partial charge on any atom is -0.325 e. The number of carbonyl (C=O) groups is 2. The van der Waals surface area contributed by atoms with Gasteiger partial charge in [-0.2, -0.15) is 0 Å². The van der Waals surface area contributed by atoms with Crippen molar-refractivity contribution in [3.8, 4) is 0 Å². The lowest BCUT2D eigenvalue weighted by Gasteiger charge is -2.16. The van der Waals surface area contributed by atoms with Crippen molar-refractivity contribution in [3.63, 3.8) is 0 Å². The highest BCUT2D eigenvalue weighted by molar-refractivity contribution is 8.00. The standard InChI is InChI=1S/C18H17FN2O2S/c19-13-6-8-16(9-7-13)24-12-17(22)20-14-3-1-4-15(11-14)21-10-2-5-18(21)23/h1,3-4,6-9,11H,2,5,10,12H2,(H,20,22). The second kappa shape index (κ2) is 7.49. The lowest BCUT2D eigenvalue weighted by molar-refractivity contribution is -0.117. The van der Waals surface area contributed by atoms with E-state index in [4.69, 9.17) is 0 Å². The van der Waals surface area contributed by atoms with Crippen molar-refractivity contribution in [3.05, 3.63) is 54.3 Å². The zero-order chi connectivity index (χ0) is 16.9. The number of carbonyl (C=O) groups excluding carboxylic acids is 2. The van der Waals surface area contributed by atoms with Gasteiger partial charge in [-0.3, -0.25) is 9.59 Å². The van der Waals surface area contributed by atoms with Gasteiger partial charge in [-0.05, 0) is 48.9 Å². The van der Waals surface area contributed by atoms with Gasteiger partial charge in [0.05, 0.1) is 5.75 Å². The smallest absolute Gasteiger partial charge is 0.234 e. The first kappa shape index (κ1) is 16.5. The molecule has 1 saturated heterocycles. The minimum absolute atomic E-state index is 0.116. The fraction of sp³-hybridized carbons (Fsp3) is 0.222. The molecule has 2 aromatic rings. The molecule has 1 aliphatic heterocycles. The summed E-state index contributed by atoms with van der Waals surface area (Å²) in [5.74, 6) is -0.0879. The number of anilines is 2. The molecule has 24 heavy (non-hydrogen) atoms. The highest BCUT2D eigenvalue weighted by atomic mass is 32.2. The van der Waals surface area contributed by atoms with Gasteiger partial charge >= 0.3 is 0 Å². The molecule has 2 amide bonds. The van der Waals surface area contributed by atoms with E-state index in [0.29, 0.717) is 12.1 Å². The molecule has 0 radical (unpaired) electrons. The maximum absolute atomic E-state index is 12.9. The van der Waals surface area contributed by atoms with Crippen molar-refractivity contribution in [1.29, 1.82) is 0 Å². The first-order valence-electron chi connectivity index (χ1n) is 7.70. The van der Waals surface area contributed by atoms with Crippen LogP contribution < -0.4 is 10.2 Å². The molecule has 6 heteroatoms. The van der Waals surface area contributed by atoms with Crippen molar-refractivity contribution in [1.82, 2.24) is 0 Å². The number of nitrogens with one attached hydrogen (secondary N) is 1. The maximum Gasteiger partial charge on any atom is 0.234 e. The first-order chi connectivity index (χ1) is 11.6. The van der Waals surface area contributed by atoms with Gasteiger partial charge in [0.1, 0.15) is 5.82 Å². The van der Waals surface area contributed by atoms with Gasteiger partial charge in [0.2, 0.25) is 11.8 Å². The Morgan fingerprint density at radius 3 is 2.71 bits per heavy atom. The van der Waals surface area contributed by atoms with Crippen LogP contribution in [0, 0.1) is 5.82 Å². The lowest BCUT2D eigenvalue weighted by Crippen LogP contribution is -2.23. The summed E-state index contributed by atoms with van der Waals surface area (Å²) in [7, 11) is 0. The number of halogens is 1. The molecular formula is C18H17FN2O2S. The van der Waals surface area contributed by atoms with Crippen LogP contribution in [0.25, 0.3) is 0 Å². The Morgan fingerprint density at radius 2 is 2.00 bits per heavy atom. The van der Waals surface area contributed by atoms with Gasteiger partial charge in [0.15, 0.2) is 0 Å². The zero-order valence-electron chi connectivity index (χ0n) is 13.0. The van der Waals surface area contributed by atoms with Gasteiger partial charge in [-0.15, -0.1) is 11.8 Å². The third-order valence-electron chi connectivity index (χ3n) is 3.70. The summed E-state index contributed by atoms with van der Waals surface area (Å²) in [6.45, 7) is 0.719. The number of thioether (sulfide) groups is 1. The fourth-order valence-corrected chi connectivity index (χ4v) is 3.25. The molecule has 0 saturated carbocycles. The van der Waals surface area contributed by atoms with E-state index in [1.807, 2.05) is 18.2 Å². The molecule has 1 N–H and O–H groups in total. The number of hydrogen-bond donors (Lipinski definition) is 1. The molecular weight excluding hydrogens is 327 g/mol. The average molecular weight is 344 g/mol. The molecule has 1 aliphatic rings. The summed E-state index contributed by atoms with van der Waals surface area (Å²) in [6.07, 6.45) is 1.44. The van der Waals surface area contributed by atoms with Crippen LogP contribution >= 0.6 is 11.8 Å². The van der Waals surface area contributed by atoms with Gasteiger partial charge in [0, 0.05) is 29.2 Å². The van der Waals surface area contributed by atoms with Crippen LogP contribution in [0.15, 0.2) is 53.4 Å². The van der Waals surface area contributed by atoms with E-state index in [2.05, 4.69) is 5.32 Å². The Hall–Kier alpha value is -2.34.